The molecule has 0 radical (unpaired) electrons. The molecule has 0 saturated carbocycles. The first kappa shape index (κ1) is 20.6. The number of hydrogen-bond acceptors (Lipinski definition) is 5. The van der Waals surface area contributed by atoms with Crippen molar-refractivity contribution in [2.24, 2.45) is 0 Å². The van der Waals surface area contributed by atoms with E-state index in [1.807, 2.05) is 64.9 Å². The Kier molecular flexibility index (Phi) is 5.59. The van der Waals surface area contributed by atoms with E-state index in [4.69, 9.17) is 12.2 Å². The smallest absolute Gasteiger partial charge is 0.242 e. The summed E-state index contributed by atoms with van der Waals surface area (Å²) in [7, 11) is 0. The molecule has 0 aliphatic carbocycles. The molecule has 4 heterocycles. The second kappa shape index (κ2) is 8.68. The molecule has 0 spiro atoms. The molecule has 0 unspecified atom stereocenters. The molecule has 1 fully saturated rings. The number of hydrogen-bond donors (Lipinski definition) is 1. The number of carbonyl (C=O) groups is 1. The minimum absolute atomic E-state index is 0.0586. The molecule has 1 N–H and O–H groups in total. The van der Waals surface area contributed by atoms with Gasteiger partial charge in [0.2, 0.25) is 5.91 Å². The largest absolute Gasteiger partial charge is 0.339 e. The van der Waals surface area contributed by atoms with Crippen LogP contribution in [0.15, 0.2) is 54.9 Å². The molecular weight excluding hydrogens is 422 g/mol. The Hall–Kier alpha value is -3.30. The predicted molar refractivity (Wildman–Crippen MR) is 125 cm³/mol. The van der Waals surface area contributed by atoms with Gasteiger partial charge in [-0.1, -0.05) is 35.9 Å². The van der Waals surface area contributed by atoms with Gasteiger partial charge in [-0.2, -0.15) is 5.10 Å². The number of fused-ring (bicyclic) bond motifs is 1. The van der Waals surface area contributed by atoms with Crippen molar-refractivity contribution in [3.8, 4) is 11.4 Å². The summed E-state index contributed by atoms with van der Waals surface area (Å²) in [5, 5.41) is 7.18. The Bertz CT molecular complexity index is 1260. The predicted octanol–water partition coefficient (Wildman–Crippen LogP) is 2.91. The zero-order valence-corrected chi connectivity index (χ0v) is 18.8. The van der Waals surface area contributed by atoms with Crippen molar-refractivity contribution in [2.45, 2.75) is 20.0 Å². The van der Waals surface area contributed by atoms with Gasteiger partial charge in [0.05, 0.1) is 5.69 Å². The van der Waals surface area contributed by atoms with Gasteiger partial charge in [0.15, 0.2) is 10.6 Å². The van der Waals surface area contributed by atoms with Gasteiger partial charge in [-0.3, -0.25) is 19.4 Å². The number of piperazine rings is 1. The van der Waals surface area contributed by atoms with Crippen molar-refractivity contribution >= 4 is 23.8 Å². The first-order valence-corrected chi connectivity index (χ1v) is 11.1. The Morgan fingerprint density at radius 2 is 1.88 bits per heavy atom. The lowest BCUT2D eigenvalue weighted by atomic mass is 10.1. The van der Waals surface area contributed by atoms with Crippen molar-refractivity contribution < 1.29 is 4.79 Å². The van der Waals surface area contributed by atoms with Crippen LogP contribution in [-0.2, 0) is 17.9 Å². The van der Waals surface area contributed by atoms with E-state index in [2.05, 4.69) is 26.3 Å². The van der Waals surface area contributed by atoms with E-state index < -0.39 is 0 Å². The normalized spacial score (nSPS) is 14.8. The topological polar surface area (TPSA) is 74.5 Å². The summed E-state index contributed by atoms with van der Waals surface area (Å²) in [6.45, 7) is 6.04. The molecule has 0 atom stereocenters. The van der Waals surface area contributed by atoms with E-state index in [9.17, 15) is 4.79 Å². The van der Waals surface area contributed by atoms with Gasteiger partial charge in [0.25, 0.3) is 0 Å². The minimum Gasteiger partial charge on any atom is -0.339 e. The van der Waals surface area contributed by atoms with Gasteiger partial charge in [-0.05, 0) is 31.3 Å². The van der Waals surface area contributed by atoms with Gasteiger partial charge >= 0.3 is 0 Å². The fraction of sp³-hybridized carbons (Fsp3) is 0.304. The summed E-state index contributed by atoms with van der Waals surface area (Å²) in [5.41, 5.74) is 4.11. The fourth-order valence-corrected chi connectivity index (χ4v) is 4.27. The van der Waals surface area contributed by atoms with Gasteiger partial charge in [-0.15, -0.1) is 0 Å². The third-order valence-corrected chi connectivity index (χ3v) is 6.20. The zero-order chi connectivity index (χ0) is 22.1. The summed E-state index contributed by atoms with van der Waals surface area (Å²) in [6.07, 6.45) is 4.08. The van der Waals surface area contributed by atoms with Crippen LogP contribution in [0.4, 0.5) is 0 Å². The van der Waals surface area contributed by atoms with Gasteiger partial charge < -0.3 is 9.30 Å². The first-order chi connectivity index (χ1) is 15.6. The van der Waals surface area contributed by atoms with Crippen molar-refractivity contribution in [2.75, 3.05) is 26.2 Å². The maximum atomic E-state index is 13.0. The summed E-state index contributed by atoms with van der Waals surface area (Å²) in [4.78, 5) is 22.0. The third kappa shape index (κ3) is 4.21. The highest BCUT2D eigenvalue weighted by molar-refractivity contribution is 7.71. The molecular formula is C23H25N7OS. The molecule has 4 aromatic rings. The molecule has 9 heteroatoms. The lowest BCUT2D eigenvalue weighted by Crippen LogP contribution is -2.49. The highest BCUT2D eigenvalue weighted by Gasteiger charge is 2.23. The number of carbonyl (C=O) groups excluding carboxylic acids is 1. The van der Waals surface area contributed by atoms with Crippen molar-refractivity contribution in [3.05, 3.63) is 70.9 Å². The molecule has 5 rings (SSSR count). The van der Waals surface area contributed by atoms with E-state index in [0.29, 0.717) is 23.7 Å². The molecule has 1 aliphatic rings. The Labute approximate surface area is 191 Å². The summed E-state index contributed by atoms with van der Waals surface area (Å²) >= 11 is 5.39. The second-order valence-corrected chi connectivity index (χ2v) is 8.55. The Balaban J connectivity index is 1.21. The SMILES string of the molecule is Cc1ccc(-c2n[nH]c(=S)n2CC(=O)N2CCN(Cc3cn4ccccc4n3)CC2)cc1. The van der Waals surface area contributed by atoms with Crippen LogP contribution in [0.5, 0.6) is 0 Å². The Morgan fingerprint density at radius 3 is 2.62 bits per heavy atom. The van der Waals surface area contributed by atoms with Crippen LogP contribution in [0, 0.1) is 11.7 Å². The number of aromatic nitrogens is 5. The van der Waals surface area contributed by atoms with Gasteiger partial charge in [0.1, 0.15) is 12.2 Å². The minimum atomic E-state index is 0.0586. The number of nitrogens with one attached hydrogen (secondary N) is 1. The molecule has 164 valence electrons. The molecule has 32 heavy (non-hydrogen) atoms. The maximum Gasteiger partial charge on any atom is 0.242 e. The lowest BCUT2D eigenvalue weighted by molar-refractivity contribution is -0.133. The molecule has 1 aliphatic heterocycles. The van der Waals surface area contributed by atoms with Gasteiger partial charge in [-0.25, -0.2) is 4.98 Å². The number of nitrogens with zero attached hydrogens (tertiary/aromatic N) is 6. The monoisotopic (exact) mass is 447 g/mol. The summed E-state index contributed by atoms with van der Waals surface area (Å²) in [5.74, 6) is 0.747. The molecule has 1 saturated heterocycles. The summed E-state index contributed by atoms with van der Waals surface area (Å²) in [6, 6.07) is 14.1. The third-order valence-electron chi connectivity index (χ3n) is 5.89. The average molecular weight is 448 g/mol. The number of rotatable bonds is 5. The van der Waals surface area contributed by atoms with Gasteiger partial charge in [0, 0.05) is 50.7 Å². The zero-order valence-electron chi connectivity index (χ0n) is 17.9. The molecule has 0 bridgehead atoms. The van der Waals surface area contributed by atoms with Crippen LogP contribution in [0.3, 0.4) is 0 Å². The highest BCUT2D eigenvalue weighted by Crippen LogP contribution is 2.18. The quantitative estimate of drug-likeness (QED) is 0.476. The van der Waals surface area contributed by atoms with E-state index >= 15 is 0 Å². The maximum absolute atomic E-state index is 13.0. The number of H-pyrrole nitrogens is 1. The molecule has 1 aromatic carbocycles. The standard InChI is InChI=1S/C23H25N7OS/c1-17-5-7-18(8-6-17)22-25-26-23(32)30(22)16-21(31)28-12-10-27(11-13-28)14-19-15-29-9-3-2-4-20(29)24-19/h2-9,15H,10-14,16H2,1H3,(H,26,32). The number of pyridine rings is 1. The fourth-order valence-electron chi connectivity index (χ4n) is 4.07. The Morgan fingerprint density at radius 1 is 1.09 bits per heavy atom. The number of benzene rings is 1. The lowest BCUT2D eigenvalue weighted by Gasteiger charge is -2.34. The van der Waals surface area contributed by atoms with Crippen LogP contribution in [0.2, 0.25) is 0 Å². The van der Waals surface area contributed by atoms with Crippen LogP contribution in [0.1, 0.15) is 11.3 Å². The average Bonchev–Trinajstić information content (AvgIpc) is 3.38. The van der Waals surface area contributed by atoms with Crippen molar-refractivity contribution in [1.29, 1.82) is 0 Å². The van der Waals surface area contributed by atoms with E-state index in [1.165, 1.54) is 5.56 Å². The first-order valence-electron chi connectivity index (χ1n) is 10.7. The molecule has 1 amide bonds. The van der Waals surface area contributed by atoms with Crippen LogP contribution >= 0.6 is 12.2 Å². The van der Waals surface area contributed by atoms with Crippen LogP contribution < -0.4 is 0 Å². The van der Waals surface area contributed by atoms with Crippen LogP contribution in [0.25, 0.3) is 17.0 Å². The molecule has 8 nitrogen and oxygen atoms in total. The van der Waals surface area contributed by atoms with Crippen LogP contribution in [-0.4, -0.2) is 66.0 Å². The van der Waals surface area contributed by atoms with E-state index in [0.717, 1.165) is 36.5 Å². The van der Waals surface area contributed by atoms with E-state index in [-0.39, 0.29) is 12.5 Å². The summed E-state index contributed by atoms with van der Waals surface area (Å²) < 4.78 is 4.28. The molecule has 3 aromatic heterocycles. The van der Waals surface area contributed by atoms with Crippen molar-refractivity contribution in [1.82, 2.24) is 33.9 Å². The number of amides is 1. The van der Waals surface area contributed by atoms with E-state index in [1.54, 1.807) is 4.57 Å². The number of aryl methyl sites for hydroxylation is 1. The number of aromatic amines is 1. The highest BCUT2D eigenvalue weighted by atomic mass is 32.1. The van der Waals surface area contributed by atoms with Crippen molar-refractivity contribution in [3.63, 3.8) is 0 Å². The second-order valence-electron chi connectivity index (χ2n) is 8.16. The number of imidazole rings is 1.